The Bertz CT molecular complexity index is 236. The van der Waals surface area contributed by atoms with E-state index >= 15 is 0 Å². The second-order valence-electron chi connectivity index (χ2n) is 6.60. The topological polar surface area (TPSA) is 52.5 Å². The molecule has 0 aromatic rings. The highest BCUT2D eigenvalue weighted by Gasteiger charge is 2.47. The number of hydrogen-bond acceptors (Lipinski definition) is 3. The van der Waals surface area contributed by atoms with E-state index < -0.39 is 5.60 Å². The van der Waals surface area contributed by atoms with Crippen LogP contribution in [0.15, 0.2) is 0 Å². The Labute approximate surface area is 99.3 Å². The molecular weight excluding hydrogens is 202 g/mol. The molecule has 1 rings (SSSR count). The second-order valence-corrected chi connectivity index (χ2v) is 6.60. The predicted molar refractivity (Wildman–Crippen MR) is 66.3 cm³/mol. The van der Waals surface area contributed by atoms with Crippen LogP contribution in [0.3, 0.4) is 0 Å². The van der Waals surface area contributed by atoms with Crippen LogP contribution in [0.4, 0.5) is 0 Å². The Hall–Kier alpha value is -0.120. The first-order chi connectivity index (χ1) is 7.15. The summed E-state index contributed by atoms with van der Waals surface area (Å²) in [5.41, 5.74) is -0.710. The minimum atomic E-state index is -0.648. The van der Waals surface area contributed by atoms with Gasteiger partial charge < -0.3 is 15.5 Å². The molecule has 1 aliphatic carbocycles. The molecular formula is C13H27NO2. The molecule has 96 valence electrons. The monoisotopic (exact) mass is 229 g/mol. The number of aliphatic hydroxyl groups excluding tert-OH is 1. The van der Waals surface area contributed by atoms with Gasteiger partial charge in [-0.25, -0.2) is 0 Å². The SMILES string of the molecule is CC(C)CC(C)(O)CNC1CC(O)C1(C)C. The lowest BCUT2D eigenvalue weighted by Crippen LogP contribution is -2.61. The molecule has 0 spiro atoms. The zero-order valence-electron chi connectivity index (χ0n) is 11.2. The molecule has 0 radical (unpaired) electrons. The summed E-state index contributed by atoms with van der Waals surface area (Å²) in [6.45, 7) is 10.8. The lowest BCUT2D eigenvalue weighted by atomic mass is 9.64. The maximum absolute atomic E-state index is 10.2. The van der Waals surface area contributed by atoms with Crippen molar-refractivity contribution in [3.05, 3.63) is 0 Å². The lowest BCUT2D eigenvalue weighted by molar-refractivity contribution is -0.0801. The van der Waals surface area contributed by atoms with E-state index in [-0.39, 0.29) is 11.5 Å². The summed E-state index contributed by atoms with van der Waals surface area (Å²) in [7, 11) is 0. The first-order valence-corrected chi connectivity index (χ1v) is 6.29. The number of hydrogen-bond donors (Lipinski definition) is 3. The van der Waals surface area contributed by atoms with Crippen molar-refractivity contribution in [1.29, 1.82) is 0 Å². The highest BCUT2D eigenvalue weighted by molar-refractivity contribution is 5.02. The summed E-state index contributed by atoms with van der Waals surface area (Å²) in [5.74, 6) is 0.497. The Kier molecular flexibility index (Phi) is 4.04. The van der Waals surface area contributed by atoms with Gasteiger partial charge in [-0.3, -0.25) is 0 Å². The van der Waals surface area contributed by atoms with E-state index in [2.05, 4.69) is 33.0 Å². The van der Waals surface area contributed by atoms with Crippen LogP contribution in [0.1, 0.15) is 47.5 Å². The average Bonchev–Trinajstić information content (AvgIpc) is 2.09. The lowest BCUT2D eigenvalue weighted by Gasteiger charge is -2.50. The van der Waals surface area contributed by atoms with E-state index in [0.717, 1.165) is 12.8 Å². The van der Waals surface area contributed by atoms with Crippen molar-refractivity contribution in [2.75, 3.05) is 6.54 Å². The minimum absolute atomic E-state index is 0.0616. The van der Waals surface area contributed by atoms with E-state index in [4.69, 9.17) is 0 Å². The first kappa shape index (κ1) is 13.9. The molecule has 1 aliphatic rings. The highest BCUT2D eigenvalue weighted by Crippen LogP contribution is 2.40. The van der Waals surface area contributed by atoms with Crippen LogP contribution in [0.5, 0.6) is 0 Å². The maximum Gasteiger partial charge on any atom is 0.0746 e. The summed E-state index contributed by atoms with van der Waals surface area (Å²) in [5, 5.41) is 23.2. The predicted octanol–water partition coefficient (Wildman–Crippen LogP) is 1.53. The van der Waals surface area contributed by atoms with Gasteiger partial charge >= 0.3 is 0 Å². The first-order valence-electron chi connectivity index (χ1n) is 6.29. The fourth-order valence-corrected chi connectivity index (χ4v) is 2.54. The molecule has 0 aromatic carbocycles. The zero-order valence-corrected chi connectivity index (χ0v) is 11.2. The largest absolute Gasteiger partial charge is 0.392 e. The second kappa shape index (κ2) is 4.63. The molecule has 0 aromatic heterocycles. The molecule has 0 amide bonds. The van der Waals surface area contributed by atoms with Crippen LogP contribution in [0, 0.1) is 11.3 Å². The molecule has 1 saturated carbocycles. The van der Waals surface area contributed by atoms with Crippen molar-refractivity contribution in [3.8, 4) is 0 Å². The van der Waals surface area contributed by atoms with Gasteiger partial charge in [0.1, 0.15) is 0 Å². The van der Waals surface area contributed by atoms with Gasteiger partial charge in [0.25, 0.3) is 0 Å². The van der Waals surface area contributed by atoms with Gasteiger partial charge in [0.05, 0.1) is 11.7 Å². The van der Waals surface area contributed by atoms with Crippen molar-refractivity contribution in [2.45, 2.75) is 65.2 Å². The molecule has 0 bridgehead atoms. The summed E-state index contributed by atoms with van der Waals surface area (Å²) in [6, 6.07) is 0.320. The average molecular weight is 229 g/mol. The molecule has 3 heteroatoms. The molecule has 16 heavy (non-hydrogen) atoms. The third-order valence-corrected chi connectivity index (χ3v) is 3.79. The zero-order chi connectivity index (χ0) is 12.6. The molecule has 1 fully saturated rings. The van der Waals surface area contributed by atoms with Gasteiger partial charge in [-0.2, -0.15) is 0 Å². The summed E-state index contributed by atoms with van der Waals surface area (Å²) in [4.78, 5) is 0. The van der Waals surface area contributed by atoms with E-state index in [1.165, 1.54) is 0 Å². The molecule has 0 saturated heterocycles. The Morgan fingerprint density at radius 3 is 2.38 bits per heavy atom. The van der Waals surface area contributed by atoms with Gasteiger partial charge in [-0.05, 0) is 25.7 Å². The third kappa shape index (κ3) is 3.19. The van der Waals surface area contributed by atoms with Crippen molar-refractivity contribution in [3.63, 3.8) is 0 Å². The van der Waals surface area contributed by atoms with Crippen LogP contribution in [-0.2, 0) is 0 Å². The molecule has 0 heterocycles. The van der Waals surface area contributed by atoms with Crippen LogP contribution >= 0.6 is 0 Å². The third-order valence-electron chi connectivity index (χ3n) is 3.79. The maximum atomic E-state index is 10.2. The fraction of sp³-hybridized carbons (Fsp3) is 1.00. The molecule has 3 unspecified atom stereocenters. The van der Waals surface area contributed by atoms with Crippen LogP contribution < -0.4 is 5.32 Å². The van der Waals surface area contributed by atoms with E-state index in [9.17, 15) is 10.2 Å². The van der Waals surface area contributed by atoms with Crippen molar-refractivity contribution in [2.24, 2.45) is 11.3 Å². The Morgan fingerprint density at radius 2 is 2.00 bits per heavy atom. The Morgan fingerprint density at radius 1 is 1.44 bits per heavy atom. The molecule has 3 N–H and O–H groups in total. The van der Waals surface area contributed by atoms with Gasteiger partial charge in [-0.15, -0.1) is 0 Å². The normalized spacial score (nSPS) is 32.2. The smallest absolute Gasteiger partial charge is 0.0746 e. The minimum Gasteiger partial charge on any atom is -0.392 e. The van der Waals surface area contributed by atoms with Crippen molar-refractivity contribution >= 4 is 0 Å². The Balaban J connectivity index is 2.35. The van der Waals surface area contributed by atoms with E-state index in [1.807, 2.05) is 6.92 Å². The summed E-state index contributed by atoms with van der Waals surface area (Å²) in [6.07, 6.45) is 1.39. The molecule has 3 atom stereocenters. The van der Waals surface area contributed by atoms with E-state index in [1.54, 1.807) is 0 Å². The number of rotatable bonds is 5. The fourth-order valence-electron chi connectivity index (χ4n) is 2.54. The van der Waals surface area contributed by atoms with Crippen LogP contribution in [0.2, 0.25) is 0 Å². The summed E-state index contributed by atoms with van der Waals surface area (Å²) >= 11 is 0. The highest BCUT2D eigenvalue weighted by atomic mass is 16.3. The van der Waals surface area contributed by atoms with Gasteiger partial charge in [0.2, 0.25) is 0 Å². The van der Waals surface area contributed by atoms with Gasteiger partial charge in [-0.1, -0.05) is 27.7 Å². The van der Waals surface area contributed by atoms with Gasteiger partial charge in [0.15, 0.2) is 0 Å². The number of aliphatic hydroxyl groups is 2. The molecule has 0 aliphatic heterocycles. The van der Waals surface area contributed by atoms with Crippen LogP contribution in [0.25, 0.3) is 0 Å². The van der Waals surface area contributed by atoms with Crippen molar-refractivity contribution < 1.29 is 10.2 Å². The molecule has 3 nitrogen and oxygen atoms in total. The van der Waals surface area contributed by atoms with E-state index in [0.29, 0.717) is 18.5 Å². The van der Waals surface area contributed by atoms with Gasteiger partial charge in [0, 0.05) is 18.0 Å². The van der Waals surface area contributed by atoms with Crippen molar-refractivity contribution in [1.82, 2.24) is 5.32 Å². The standard InChI is InChI=1S/C13H27NO2/c1-9(2)7-13(5,16)8-14-10-6-11(15)12(10,3)4/h9-11,14-16H,6-8H2,1-5H3. The summed E-state index contributed by atoms with van der Waals surface area (Å²) < 4.78 is 0. The van der Waals surface area contributed by atoms with Crippen LogP contribution in [-0.4, -0.2) is 34.5 Å². The quantitative estimate of drug-likeness (QED) is 0.670. The number of nitrogens with one attached hydrogen (secondary N) is 1.